The van der Waals surface area contributed by atoms with Gasteiger partial charge in [-0.3, -0.25) is 9.36 Å². The van der Waals surface area contributed by atoms with Gasteiger partial charge < -0.3 is 30.2 Å². The SMILES string of the molecule is Cc1cc(C[C@@H](OC(=O)N2CCC(n3c(=O)[nH]c4ccccc43)CC2)C(=O)N2CCC(N3CCCC3)CC2)cc(Cl)c1N. The number of aromatic amines is 1. The van der Waals surface area contributed by atoms with E-state index in [1.807, 2.05) is 42.2 Å². The largest absolute Gasteiger partial charge is 0.436 e. The van der Waals surface area contributed by atoms with Gasteiger partial charge in [-0.15, -0.1) is 0 Å². The highest BCUT2D eigenvalue weighted by molar-refractivity contribution is 6.33. The van der Waals surface area contributed by atoms with Gasteiger partial charge in [0, 0.05) is 44.7 Å². The Hall–Kier alpha value is -3.50. The Morgan fingerprint density at radius 2 is 1.63 bits per heavy atom. The number of hydrogen-bond acceptors (Lipinski definition) is 6. The van der Waals surface area contributed by atoms with Crippen LogP contribution in [0.15, 0.2) is 41.2 Å². The number of carbonyl (C=O) groups excluding carboxylic acids is 2. The van der Waals surface area contributed by atoms with Gasteiger partial charge >= 0.3 is 11.8 Å². The maximum Gasteiger partial charge on any atom is 0.410 e. The third-order valence-electron chi connectivity index (χ3n) is 9.48. The molecule has 3 N–H and O–H groups in total. The quantitative estimate of drug-likeness (QED) is 0.402. The van der Waals surface area contributed by atoms with Crippen LogP contribution in [0.25, 0.3) is 11.0 Å². The number of halogens is 1. The number of fused-ring (bicyclic) bond motifs is 1. The van der Waals surface area contributed by atoms with E-state index in [9.17, 15) is 14.4 Å². The fourth-order valence-electron chi connectivity index (χ4n) is 7.04. The lowest BCUT2D eigenvalue weighted by Gasteiger charge is -2.38. The van der Waals surface area contributed by atoms with E-state index in [0.717, 1.165) is 48.1 Å². The number of likely N-dealkylation sites (tertiary alicyclic amines) is 3. The van der Waals surface area contributed by atoms with Crippen molar-refractivity contribution in [1.29, 1.82) is 0 Å². The lowest BCUT2D eigenvalue weighted by Crippen LogP contribution is -2.51. The lowest BCUT2D eigenvalue weighted by atomic mass is 10.0. The number of carbonyl (C=O) groups is 2. The van der Waals surface area contributed by atoms with Gasteiger partial charge in [-0.2, -0.15) is 0 Å². The Balaban J connectivity index is 1.13. The first-order valence-corrected chi connectivity index (χ1v) is 15.9. The highest BCUT2D eigenvalue weighted by Crippen LogP contribution is 2.28. The van der Waals surface area contributed by atoms with E-state index in [1.165, 1.54) is 12.8 Å². The van der Waals surface area contributed by atoms with Crippen LogP contribution in [0.1, 0.15) is 55.7 Å². The molecule has 3 fully saturated rings. The molecule has 3 saturated heterocycles. The maximum absolute atomic E-state index is 13.9. The van der Waals surface area contributed by atoms with E-state index in [2.05, 4.69) is 9.88 Å². The molecule has 43 heavy (non-hydrogen) atoms. The van der Waals surface area contributed by atoms with E-state index in [0.29, 0.717) is 55.8 Å². The molecule has 4 heterocycles. The molecule has 0 saturated carbocycles. The van der Waals surface area contributed by atoms with E-state index >= 15 is 0 Å². The second-order valence-electron chi connectivity index (χ2n) is 12.2. The highest BCUT2D eigenvalue weighted by Gasteiger charge is 2.35. The number of imidazole rings is 1. The summed E-state index contributed by atoms with van der Waals surface area (Å²) in [6.07, 6.45) is 4.33. The predicted molar refractivity (Wildman–Crippen MR) is 167 cm³/mol. The monoisotopic (exact) mass is 608 g/mol. The van der Waals surface area contributed by atoms with Crippen LogP contribution in [0.4, 0.5) is 10.5 Å². The molecule has 0 spiro atoms. The smallest absolute Gasteiger partial charge is 0.410 e. The number of rotatable bonds is 6. The first-order chi connectivity index (χ1) is 20.8. The van der Waals surface area contributed by atoms with Crippen LogP contribution >= 0.6 is 11.6 Å². The van der Waals surface area contributed by atoms with Crippen molar-refractivity contribution < 1.29 is 14.3 Å². The van der Waals surface area contributed by atoms with Crippen molar-refractivity contribution in [3.63, 3.8) is 0 Å². The minimum absolute atomic E-state index is 0.0260. The molecule has 2 amide bonds. The Labute approximate surface area is 256 Å². The van der Waals surface area contributed by atoms with Crippen molar-refractivity contribution in [3.8, 4) is 0 Å². The number of piperidine rings is 2. The van der Waals surface area contributed by atoms with E-state index in [4.69, 9.17) is 22.1 Å². The first-order valence-electron chi connectivity index (χ1n) is 15.5. The average Bonchev–Trinajstić information content (AvgIpc) is 3.67. The summed E-state index contributed by atoms with van der Waals surface area (Å²) in [6.45, 7) is 6.33. The number of nitrogens with two attached hydrogens (primary N) is 1. The molecule has 1 atom stereocenters. The van der Waals surface area contributed by atoms with Crippen LogP contribution in [0.5, 0.6) is 0 Å². The van der Waals surface area contributed by atoms with Crippen LogP contribution < -0.4 is 11.4 Å². The van der Waals surface area contributed by atoms with Gasteiger partial charge in [0.15, 0.2) is 6.10 Å². The van der Waals surface area contributed by atoms with Crippen molar-refractivity contribution in [3.05, 3.63) is 63.0 Å². The van der Waals surface area contributed by atoms with Crippen molar-refractivity contribution in [2.24, 2.45) is 0 Å². The van der Waals surface area contributed by atoms with Crippen LogP contribution in [-0.4, -0.2) is 87.7 Å². The van der Waals surface area contributed by atoms with Gasteiger partial charge in [0.05, 0.1) is 21.7 Å². The van der Waals surface area contributed by atoms with Gasteiger partial charge in [0.1, 0.15) is 0 Å². The van der Waals surface area contributed by atoms with Gasteiger partial charge in [-0.05, 0) is 87.9 Å². The van der Waals surface area contributed by atoms with Gasteiger partial charge in [0.25, 0.3) is 5.91 Å². The molecule has 0 unspecified atom stereocenters. The van der Waals surface area contributed by atoms with Crippen LogP contribution in [0.3, 0.4) is 0 Å². The number of aryl methyl sites for hydroxylation is 1. The maximum atomic E-state index is 13.9. The zero-order chi connectivity index (χ0) is 30.1. The number of para-hydroxylation sites is 2. The Kier molecular flexibility index (Phi) is 8.68. The highest BCUT2D eigenvalue weighted by atomic mass is 35.5. The minimum atomic E-state index is -0.969. The summed E-state index contributed by atoms with van der Waals surface area (Å²) in [5.41, 5.74) is 9.72. The number of amides is 2. The second-order valence-corrected chi connectivity index (χ2v) is 12.6. The molecule has 11 heteroatoms. The first kappa shape index (κ1) is 29.6. The third kappa shape index (κ3) is 6.26. The summed E-state index contributed by atoms with van der Waals surface area (Å²) >= 11 is 6.37. The fourth-order valence-corrected chi connectivity index (χ4v) is 7.33. The Morgan fingerprint density at radius 3 is 2.33 bits per heavy atom. The summed E-state index contributed by atoms with van der Waals surface area (Å²) in [6, 6.07) is 11.8. The predicted octanol–water partition coefficient (Wildman–Crippen LogP) is 4.35. The third-order valence-corrected chi connectivity index (χ3v) is 9.79. The van der Waals surface area contributed by atoms with Crippen LogP contribution in [-0.2, 0) is 16.0 Å². The van der Waals surface area contributed by atoms with Gasteiger partial charge in [-0.25, -0.2) is 9.59 Å². The van der Waals surface area contributed by atoms with Gasteiger partial charge in [0.2, 0.25) is 0 Å². The number of nitrogens with one attached hydrogen (secondary N) is 1. The Bertz CT molecular complexity index is 1510. The zero-order valence-corrected chi connectivity index (χ0v) is 25.5. The number of hydrogen-bond donors (Lipinski definition) is 2. The Morgan fingerprint density at radius 1 is 0.977 bits per heavy atom. The molecule has 0 aliphatic carbocycles. The average molecular weight is 609 g/mol. The molecule has 230 valence electrons. The minimum Gasteiger partial charge on any atom is -0.436 e. The van der Waals surface area contributed by atoms with Crippen LogP contribution in [0, 0.1) is 6.92 Å². The van der Waals surface area contributed by atoms with Crippen molar-refractivity contribution in [2.45, 2.75) is 70.1 Å². The number of aromatic nitrogens is 2. The lowest BCUT2D eigenvalue weighted by molar-refractivity contribution is -0.142. The zero-order valence-electron chi connectivity index (χ0n) is 24.8. The molecule has 10 nitrogen and oxygen atoms in total. The molecule has 3 aliphatic rings. The van der Waals surface area contributed by atoms with Crippen LogP contribution in [0.2, 0.25) is 5.02 Å². The number of anilines is 1. The molecule has 1 aromatic heterocycles. The molecule has 3 aliphatic heterocycles. The number of nitrogen functional groups attached to an aromatic ring is 1. The van der Waals surface area contributed by atoms with Crippen molar-refractivity contribution >= 4 is 40.3 Å². The molecular weight excluding hydrogens is 568 g/mol. The van der Waals surface area contributed by atoms with E-state index < -0.39 is 12.2 Å². The van der Waals surface area contributed by atoms with Crippen molar-refractivity contribution in [1.82, 2.24) is 24.3 Å². The summed E-state index contributed by atoms with van der Waals surface area (Å²) in [7, 11) is 0. The summed E-state index contributed by atoms with van der Waals surface area (Å²) in [5.74, 6) is -0.168. The summed E-state index contributed by atoms with van der Waals surface area (Å²) in [5, 5.41) is 0.425. The molecule has 0 bridgehead atoms. The number of ether oxygens (including phenoxy) is 1. The number of H-pyrrole nitrogens is 1. The number of benzene rings is 2. The molecule has 3 aromatic rings. The number of nitrogens with zero attached hydrogens (tertiary/aromatic N) is 4. The van der Waals surface area contributed by atoms with Gasteiger partial charge in [-0.1, -0.05) is 29.8 Å². The second kappa shape index (κ2) is 12.6. The van der Waals surface area contributed by atoms with Crippen molar-refractivity contribution in [2.75, 3.05) is 45.0 Å². The summed E-state index contributed by atoms with van der Waals surface area (Å²) < 4.78 is 7.80. The topological polar surface area (TPSA) is 117 Å². The molecule has 2 aromatic carbocycles. The standard InChI is InChI=1S/C32H41ClN6O4/c1-21-18-22(19-25(33)29(21)34)20-28(30(40)37-14-8-23(9-15-37)36-12-4-5-13-36)43-32(42)38-16-10-24(11-17-38)39-27-7-3-2-6-26(27)35-31(39)41/h2-3,6-7,18-19,23-24,28H,4-5,8-17,20,34H2,1H3,(H,35,41)/t28-/m1/s1. The molecule has 6 rings (SSSR count). The normalized spacial score (nSPS) is 19.7. The summed E-state index contributed by atoms with van der Waals surface area (Å²) in [4.78, 5) is 49.0. The fraction of sp³-hybridized carbons (Fsp3) is 0.531. The van der Waals surface area contributed by atoms with E-state index in [1.54, 1.807) is 15.5 Å². The molecular formula is C32H41ClN6O4. The van der Waals surface area contributed by atoms with E-state index in [-0.39, 0.29) is 24.1 Å². The molecule has 0 radical (unpaired) electrons.